The molecule has 2 rings (SSSR count). The van der Waals surface area contributed by atoms with E-state index < -0.39 is 12.0 Å². The molecule has 0 aromatic carbocycles. The maximum Gasteiger partial charge on any atom is 0.320 e. The van der Waals surface area contributed by atoms with Gasteiger partial charge >= 0.3 is 5.97 Å². The molecule has 0 aliphatic rings. The van der Waals surface area contributed by atoms with Crippen LogP contribution in [-0.2, 0) is 11.2 Å². The van der Waals surface area contributed by atoms with E-state index >= 15 is 0 Å². The first-order valence-electron chi connectivity index (χ1n) is 4.86. The number of nitrogens with zero attached hydrogens (tertiary/aromatic N) is 3. The lowest BCUT2D eigenvalue weighted by atomic mass is 10.1. The number of fused-ring (bicyclic) bond motifs is 1. The molecule has 1 atom stereocenters. The number of carbonyl (C=O) groups is 1. The third-order valence-corrected chi connectivity index (χ3v) is 2.42. The number of hydrogen-bond acceptors (Lipinski definition) is 4. The van der Waals surface area contributed by atoms with Crippen LogP contribution in [-0.4, -0.2) is 31.7 Å². The van der Waals surface area contributed by atoms with Crippen molar-refractivity contribution in [1.29, 1.82) is 0 Å². The Morgan fingerprint density at radius 2 is 2.38 bits per heavy atom. The summed E-state index contributed by atoms with van der Waals surface area (Å²) in [5, 5.41) is 16.6. The number of carboxylic acid groups (broad SMARTS) is 1. The van der Waals surface area contributed by atoms with Crippen molar-refractivity contribution in [3.8, 4) is 0 Å². The van der Waals surface area contributed by atoms with Crippen molar-refractivity contribution < 1.29 is 9.90 Å². The van der Waals surface area contributed by atoms with Crippen molar-refractivity contribution in [2.24, 2.45) is 5.73 Å². The van der Waals surface area contributed by atoms with E-state index in [0.29, 0.717) is 5.65 Å². The lowest BCUT2D eigenvalue weighted by Crippen LogP contribution is -2.32. The van der Waals surface area contributed by atoms with E-state index in [1.54, 1.807) is 6.07 Å². The second-order valence-electron chi connectivity index (χ2n) is 3.66. The van der Waals surface area contributed by atoms with Crippen molar-refractivity contribution in [3.05, 3.63) is 29.7 Å². The van der Waals surface area contributed by atoms with Crippen LogP contribution in [0.2, 0.25) is 0 Å². The highest BCUT2D eigenvalue weighted by Crippen LogP contribution is 2.08. The predicted octanol–water partition coefficient (Wildman–Crippen LogP) is -0.00788. The van der Waals surface area contributed by atoms with Crippen molar-refractivity contribution in [2.75, 3.05) is 0 Å². The molecule has 2 aromatic heterocycles. The van der Waals surface area contributed by atoms with Crippen LogP contribution in [0.5, 0.6) is 0 Å². The third kappa shape index (κ3) is 1.87. The zero-order valence-corrected chi connectivity index (χ0v) is 8.79. The summed E-state index contributed by atoms with van der Waals surface area (Å²) in [6.07, 6.45) is 2.10. The number of rotatable bonds is 3. The molecule has 0 aliphatic heterocycles. The van der Waals surface area contributed by atoms with E-state index in [0.717, 1.165) is 11.4 Å². The smallest absolute Gasteiger partial charge is 0.320 e. The summed E-state index contributed by atoms with van der Waals surface area (Å²) in [4.78, 5) is 10.6. The largest absolute Gasteiger partial charge is 0.480 e. The molecule has 0 fully saturated rings. The summed E-state index contributed by atoms with van der Waals surface area (Å²) in [6, 6.07) is 2.74. The standard InChI is InChI=1S/C10H12N4O2/c1-6-12-13-9-5-7(2-3-14(6)9)4-8(11)10(15)16/h2-3,5,8H,4,11H2,1H3,(H,15,16). The van der Waals surface area contributed by atoms with Gasteiger partial charge in [0, 0.05) is 6.20 Å². The molecule has 0 spiro atoms. The molecule has 2 heterocycles. The summed E-state index contributed by atoms with van der Waals surface area (Å²) >= 11 is 0. The lowest BCUT2D eigenvalue weighted by Gasteiger charge is -2.06. The molecule has 6 heteroatoms. The van der Waals surface area contributed by atoms with Crippen LogP contribution < -0.4 is 5.73 Å². The van der Waals surface area contributed by atoms with Crippen LogP contribution in [0.1, 0.15) is 11.4 Å². The van der Waals surface area contributed by atoms with Crippen LogP contribution >= 0.6 is 0 Å². The fourth-order valence-corrected chi connectivity index (χ4v) is 1.52. The van der Waals surface area contributed by atoms with Crippen molar-refractivity contribution in [3.63, 3.8) is 0 Å². The highest BCUT2D eigenvalue weighted by atomic mass is 16.4. The molecule has 16 heavy (non-hydrogen) atoms. The summed E-state index contributed by atoms with van der Waals surface area (Å²) in [5.41, 5.74) is 7.00. The Morgan fingerprint density at radius 3 is 3.06 bits per heavy atom. The van der Waals surface area contributed by atoms with Gasteiger partial charge in [-0.15, -0.1) is 10.2 Å². The second-order valence-corrected chi connectivity index (χ2v) is 3.66. The van der Waals surface area contributed by atoms with Gasteiger partial charge in [-0.05, 0) is 31.0 Å². The summed E-state index contributed by atoms with van der Waals surface area (Å²) < 4.78 is 1.83. The molecule has 3 N–H and O–H groups in total. The minimum Gasteiger partial charge on any atom is -0.480 e. The molecule has 0 bridgehead atoms. The molecule has 6 nitrogen and oxygen atoms in total. The number of aliphatic carboxylic acids is 1. The molecule has 0 amide bonds. The quantitative estimate of drug-likeness (QED) is 0.758. The minimum absolute atomic E-state index is 0.289. The van der Waals surface area contributed by atoms with E-state index in [1.165, 1.54) is 0 Å². The molecular formula is C10H12N4O2. The summed E-state index contributed by atoms with van der Waals surface area (Å²) in [7, 11) is 0. The predicted molar refractivity (Wildman–Crippen MR) is 57.0 cm³/mol. The first-order chi connectivity index (χ1) is 7.58. The number of carboxylic acids is 1. The Labute approximate surface area is 91.7 Å². The monoisotopic (exact) mass is 220 g/mol. The topological polar surface area (TPSA) is 93.5 Å². The van der Waals surface area contributed by atoms with Gasteiger partial charge in [-0.3, -0.25) is 9.20 Å². The molecule has 84 valence electrons. The van der Waals surface area contributed by atoms with Gasteiger partial charge < -0.3 is 10.8 Å². The van der Waals surface area contributed by atoms with E-state index in [4.69, 9.17) is 10.8 Å². The Bertz CT molecular complexity index is 535. The SMILES string of the molecule is Cc1nnc2cc(CC(N)C(=O)O)ccn12. The number of aryl methyl sites for hydroxylation is 1. The third-order valence-electron chi connectivity index (χ3n) is 2.42. The van der Waals surface area contributed by atoms with Gasteiger partial charge in [0.15, 0.2) is 5.65 Å². The van der Waals surface area contributed by atoms with Crippen LogP contribution in [0.4, 0.5) is 0 Å². The van der Waals surface area contributed by atoms with Gasteiger partial charge in [0.05, 0.1) is 0 Å². The summed E-state index contributed by atoms with van der Waals surface area (Å²) in [5.74, 6) is -0.207. The van der Waals surface area contributed by atoms with Crippen LogP contribution in [0.15, 0.2) is 18.3 Å². The molecule has 0 saturated heterocycles. The van der Waals surface area contributed by atoms with E-state index in [1.807, 2.05) is 23.6 Å². The average molecular weight is 220 g/mol. The molecule has 0 saturated carbocycles. The first kappa shape index (κ1) is 10.6. The van der Waals surface area contributed by atoms with Crippen molar-refractivity contribution in [2.45, 2.75) is 19.4 Å². The Kier molecular flexibility index (Phi) is 2.57. The van der Waals surface area contributed by atoms with Gasteiger partial charge in [-0.25, -0.2) is 0 Å². The van der Waals surface area contributed by atoms with Crippen LogP contribution in [0.25, 0.3) is 5.65 Å². The van der Waals surface area contributed by atoms with Gasteiger partial charge in [0.1, 0.15) is 11.9 Å². The Balaban J connectivity index is 2.29. The average Bonchev–Trinajstić information content (AvgIpc) is 2.60. The fraction of sp³-hybridized carbons (Fsp3) is 0.300. The molecule has 0 aliphatic carbocycles. The van der Waals surface area contributed by atoms with E-state index in [2.05, 4.69) is 10.2 Å². The Morgan fingerprint density at radius 1 is 1.62 bits per heavy atom. The van der Waals surface area contributed by atoms with Crippen molar-refractivity contribution >= 4 is 11.6 Å². The molecular weight excluding hydrogens is 208 g/mol. The van der Waals surface area contributed by atoms with Crippen LogP contribution in [0.3, 0.4) is 0 Å². The minimum atomic E-state index is -1.00. The normalized spacial score (nSPS) is 12.9. The number of hydrogen-bond donors (Lipinski definition) is 2. The number of aromatic nitrogens is 3. The zero-order valence-electron chi connectivity index (χ0n) is 8.79. The molecule has 2 aromatic rings. The lowest BCUT2D eigenvalue weighted by molar-refractivity contribution is -0.138. The highest BCUT2D eigenvalue weighted by molar-refractivity contribution is 5.73. The van der Waals surface area contributed by atoms with Gasteiger partial charge in [0.2, 0.25) is 0 Å². The molecule has 0 radical (unpaired) electrons. The van der Waals surface area contributed by atoms with Crippen LogP contribution in [0, 0.1) is 6.92 Å². The Hall–Kier alpha value is -1.95. The zero-order chi connectivity index (χ0) is 11.7. The first-order valence-corrected chi connectivity index (χ1v) is 4.86. The molecule has 1 unspecified atom stereocenters. The van der Waals surface area contributed by atoms with Gasteiger partial charge in [-0.2, -0.15) is 0 Å². The fourth-order valence-electron chi connectivity index (χ4n) is 1.52. The summed E-state index contributed by atoms with van der Waals surface area (Å²) in [6.45, 7) is 1.85. The maximum atomic E-state index is 10.6. The second kappa shape index (κ2) is 3.90. The maximum absolute atomic E-state index is 10.6. The van der Waals surface area contributed by atoms with E-state index in [-0.39, 0.29) is 6.42 Å². The highest BCUT2D eigenvalue weighted by Gasteiger charge is 2.12. The van der Waals surface area contributed by atoms with Gasteiger partial charge in [0.25, 0.3) is 0 Å². The van der Waals surface area contributed by atoms with E-state index in [9.17, 15) is 4.79 Å². The van der Waals surface area contributed by atoms with Crippen molar-refractivity contribution in [1.82, 2.24) is 14.6 Å². The number of pyridine rings is 1. The van der Waals surface area contributed by atoms with Gasteiger partial charge in [-0.1, -0.05) is 0 Å². The number of nitrogens with two attached hydrogens (primary N) is 1.